The van der Waals surface area contributed by atoms with Crippen LogP contribution in [0.3, 0.4) is 0 Å². The Kier molecular flexibility index (Phi) is 4.27. The average molecular weight is 261 g/mol. The van der Waals surface area contributed by atoms with Crippen LogP contribution in [0.15, 0.2) is 29.2 Å². The number of hydrogen-bond donors (Lipinski definition) is 1. The highest BCUT2D eigenvalue weighted by Gasteiger charge is 2.17. The number of nitrogens with one attached hydrogen (secondary N) is 1. The lowest BCUT2D eigenvalue weighted by Crippen LogP contribution is -2.34. The maximum atomic E-state index is 3.62. The van der Waals surface area contributed by atoms with Crippen molar-refractivity contribution in [2.75, 3.05) is 0 Å². The van der Waals surface area contributed by atoms with Gasteiger partial charge in [0, 0.05) is 22.7 Å². The second-order valence-electron chi connectivity index (χ2n) is 5.68. The van der Waals surface area contributed by atoms with Crippen molar-refractivity contribution in [3.05, 3.63) is 29.8 Å². The first-order valence-electron chi connectivity index (χ1n) is 7.39. The van der Waals surface area contributed by atoms with Crippen molar-refractivity contribution in [3.8, 4) is 0 Å². The van der Waals surface area contributed by atoms with E-state index >= 15 is 0 Å². The highest BCUT2D eigenvalue weighted by Crippen LogP contribution is 2.34. The Bertz CT molecular complexity index is 363. The molecule has 18 heavy (non-hydrogen) atoms. The van der Waals surface area contributed by atoms with Crippen LogP contribution in [0.25, 0.3) is 0 Å². The van der Waals surface area contributed by atoms with Crippen molar-refractivity contribution in [2.24, 2.45) is 0 Å². The summed E-state index contributed by atoms with van der Waals surface area (Å²) in [5.74, 6) is 0. The van der Waals surface area contributed by atoms with E-state index in [2.05, 4.69) is 41.3 Å². The van der Waals surface area contributed by atoms with E-state index in [-0.39, 0.29) is 0 Å². The molecule has 2 heteroatoms. The zero-order valence-electron chi connectivity index (χ0n) is 11.0. The van der Waals surface area contributed by atoms with E-state index in [1.165, 1.54) is 55.4 Å². The zero-order chi connectivity index (χ0) is 12.2. The molecule has 0 unspecified atom stereocenters. The first-order valence-corrected chi connectivity index (χ1v) is 8.27. The van der Waals surface area contributed by atoms with Gasteiger partial charge in [-0.25, -0.2) is 0 Å². The molecule has 1 N–H and O–H groups in total. The maximum Gasteiger partial charge on any atom is 0.0208 e. The molecule has 3 rings (SSSR count). The molecule has 0 amide bonds. The fraction of sp³-hybridized carbons (Fsp3) is 0.625. The van der Waals surface area contributed by atoms with Crippen LogP contribution in [-0.2, 0) is 6.54 Å². The van der Waals surface area contributed by atoms with Gasteiger partial charge in [-0.3, -0.25) is 0 Å². The van der Waals surface area contributed by atoms with E-state index in [1.54, 1.807) is 0 Å². The number of rotatable bonds is 5. The molecule has 2 saturated carbocycles. The van der Waals surface area contributed by atoms with E-state index in [9.17, 15) is 0 Å². The van der Waals surface area contributed by atoms with Crippen LogP contribution < -0.4 is 5.32 Å². The SMILES string of the molecule is c1cc(SC2CCCC2)ccc1CNC1CCC1. The minimum Gasteiger partial charge on any atom is -0.310 e. The molecule has 1 aromatic carbocycles. The Balaban J connectivity index is 1.48. The van der Waals surface area contributed by atoms with Crippen LogP contribution >= 0.6 is 11.8 Å². The molecule has 2 fully saturated rings. The first-order chi connectivity index (χ1) is 8.90. The quantitative estimate of drug-likeness (QED) is 0.845. The Labute approximate surface area is 115 Å². The average Bonchev–Trinajstić information content (AvgIpc) is 2.82. The molecule has 0 bridgehead atoms. The summed E-state index contributed by atoms with van der Waals surface area (Å²) in [6.07, 6.45) is 9.84. The Morgan fingerprint density at radius 3 is 2.28 bits per heavy atom. The van der Waals surface area contributed by atoms with Crippen LogP contribution in [0.5, 0.6) is 0 Å². The van der Waals surface area contributed by atoms with Gasteiger partial charge in [0.05, 0.1) is 0 Å². The van der Waals surface area contributed by atoms with Crippen LogP contribution in [-0.4, -0.2) is 11.3 Å². The topological polar surface area (TPSA) is 12.0 Å². The molecule has 0 aromatic heterocycles. The van der Waals surface area contributed by atoms with Crippen molar-refractivity contribution in [2.45, 2.75) is 67.7 Å². The van der Waals surface area contributed by atoms with Gasteiger partial charge < -0.3 is 5.32 Å². The van der Waals surface area contributed by atoms with Crippen molar-refractivity contribution < 1.29 is 0 Å². The lowest BCUT2D eigenvalue weighted by atomic mass is 9.93. The summed E-state index contributed by atoms with van der Waals surface area (Å²) < 4.78 is 0. The summed E-state index contributed by atoms with van der Waals surface area (Å²) in [5, 5.41) is 4.50. The molecule has 2 aliphatic carbocycles. The van der Waals surface area contributed by atoms with Crippen molar-refractivity contribution in [1.82, 2.24) is 5.32 Å². The minimum atomic E-state index is 0.789. The summed E-state index contributed by atoms with van der Waals surface area (Å²) in [5.41, 5.74) is 1.43. The minimum absolute atomic E-state index is 0.789. The maximum absolute atomic E-state index is 3.62. The predicted octanol–water partition coefficient (Wildman–Crippen LogP) is 4.36. The summed E-state index contributed by atoms with van der Waals surface area (Å²) in [6, 6.07) is 9.99. The van der Waals surface area contributed by atoms with Crippen LogP contribution in [0.2, 0.25) is 0 Å². The fourth-order valence-electron chi connectivity index (χ4n) is 2.76. The molecule has 98 valence electrons. The van der Waals surface area contributed by atoms with Gasteiger partial charge in [0.1, 0.15) is 0 Å². The molecule has 1 nitrogen and oxygen atoms in total. The third-order valence-electron chi connectivity index (χ3n) is 4.23. The van der Waals surface area contributed by atoms with E-state index in [0.29, 0.717) is 0 Å². The molecule has 2 aliphatic rings. The van der Waals surface area contributed by atoms with Gasteiger partial charge in [0.2, 0.25) is 0 Å². The monoisotopic (exact) mass is 261 g/mol. The van der Waals surface area contributed by atoms with Gasteiger partial charge in [-0.1, -0.05) is 31.4 Å². The van der Waals surface area contributed by atoms with Crippen LogP contribution in [0.4, 0.5) is 0 Å². The summed E-state index contributed by atoms with van der Waals surface area (Å²) in [4.78, 5) is 1.45. The second-order valence-corrected chi connectivity index (χ2v) is 7.05. The van der Waals surface area contributed by atoms with Gasteiger partial charge in [0.25, 0.3) is 0 Å². The summed E-state index contributed by atoms with van der Waals surface area (Å²) in [7, 11) is 0. The molecule has 0 saturated heterocycles. The highest BCUT2D eigenvalue weighted by molar-refractivity contribution is 8.00. The first kappa shape index (κ1) is 12.6. The van der Waals surface area contributed by atoms with Crippen molar-refractivity contribution in [1.29, 1.82) is 0 Å². The van der Waals surface area contributed by atoms with E-state index in [0.717, 1.165) is 17.8 Å². The number of benzene rings is 1. The van der Waals surface area contributed by atoms with E-state index in [1.807, 2.05) is 0 Å². The lowest BCUT2D eigenvalue weighted by Gasteiger charge is -2.26. The molecular formula is C16H23NS. The predicted molar refractivity (Wildman–Crippen MR) is 79.0 cm³/mol. The van der Waals surface area contributed by atoms with Gasteiger partial charge in [-0.05, 0) is 43.4 Å². The molecule has 0 atom stereocenters. The van der Waals surface area contributed by atoms with Gasteiger partial charge >= 0.3 is 0 Å². The molecule has 0 aliphatic heterocycles. The molecule has 0 radical (unpaired) electrons. The summed E-state index contributed by atoms with van der Waals surface area (Å²) in [6.45, 7) is 1.04. The van der Waals surface area contributed by atoms with Gasteiger partial charge in [-0.15, -0.1) is 11.8 Å². The summed E-state index contributed by atoms with van der Waals surface area (Å²) >= 11 is 2.08. The Morgan fingerprint density at radius 1 is 0.944 bits per heavy atom. The Hall–Kier alpha value is -0.470. The smallest absolute Gasteiger partial charge is 0.0208 e. The normalized spacial score (nSPS) is 21.1. The third kappa shape index (κ3) is 3.30. The van der Waals surface area contributed by atoms with Gasteiger partial charge in [0.15, 0.2) is 0 Å². The number of hydrogen-bond acceptors (Lipinski definition) is 2. The van der Waals surface area contributed by atoms with E-state index < -0.39 is 0 Å². The third-order valence-corrected chi connectivity index (χ3v) is 5.58. The number of thioether (sulfide) groups is 1. The van der Waals surface area contributed by atoms with Gasteiger partial charge in [-0.2, -0.15) is 0 Å². The largest absolute Gasteiger partial charge is 0.310 e. The molecular weight excluding hydrogens is 238 g/mol. The zero-order valence-corrected chi connectivity index (χ0v) is 11.8. The van der Waals surface area contributed by atoms with E-state index in [4.69, 9.17) is 0 Å². The molecule has 1 aromatic rings. The van der Waals surface area contributed by atoms with Crippen molar-refractivity contribution in [3.63, 3.8) is 0 Å². The standard InChI is InChI=1S/C16H23NS/c1-2-7-15(6-1)18-16-10-8-13(9-11-16)12-17-14-4-3-5-14/h8-11,14-15,17H,1-7,12H2. The molecule has 0 heterocycles. The van der Waals surface area contributed by atoms with Crippen LogP contribution in [0.1, 0.15) is 50.5 Å². The lowest BCUT2D eigenvalue weighted by molar-refractivity contribution is 0.338. The van der Waals surface area contributed by atoms with Crippen molar-refractivity contribution >= 4 is 11.8 Å². The fourth-order valence-corrected chi connectivity index (χ4v) is 4.01. The van der Waals surface area contributed by atoms with Crippen LogP contribution in [0, 0.1) is 0 Å². The molecule has 0 spiro atoms. The Morgan fingerprint density at radius 2 is 1.67 bits per heavy atom. The highest BCUT2D eigenvalue weighted by atomic mass is 32.2. The second kappa shape index (κ2) is 6.12.